The number of ether oxygens (including phenoxy) is 12. The zero-order valence-corrected chi connectivity index (χ0v) is 57.5. The van der Waals surface area contributed by atoms with E-state index >= 15 is 0 Å². The molecule has 4 atom stereocenters. The predicted octanol–water partition coefficient (Wildman–Crippen LogP) is 10.2. The maximum atomic E-state index is 12.9. The topological polar surface area (TPSA) is 259 Å². The molecule has 24 heteroatoms. The first-order chi connectivity index (χ1) is 45.0. The first-order valence-electron chi connectivity index (χ1n) is 30.7. The molecule has 94 heavy (non-hydrogen) atoms. The van der Waals surface area contributed by atoms with Crippen molar-refractivity contribution in [1.29, 1.82) is 0 Å². The Hall–Kier alpha value is -8.26. The Morgan fingerprint density at radius 3 is 1.03 bits per heavy atom. The molecule has 0 aromatic heterocycles. The second-order valence-electron chi connectivity index (χ2n) is 22.9. The van der Waals surface area contributed by atoms with Crippen LogP contribution in [-0.4, -0.2) is 171 Å². The van der Waals surface area contributed by atoms with Gasteiger partial charge in [0.05, 0.1) is 134 Å². The molecule has 512 valence electrons. The van der Waals surface area contributed by atoms with Crippen LogP contribution in [0, 0.1) is 0 Å². The fourth-order valence-corrected chi connectivity index (χ4v) is 13.0. The number of carbonyl (C=O) groups excluding carboxylic acids is 2. The molecule has 0 amide bonds. The normalized spacial score (nSPS) is 17.3. The van der Waals surface area contributed by atoms with Gasteiger partial charge in [0, 0.05) is 62.5 Å². The van der Waals surface area contributed by atoms with E-state index in [2.05, 4.69) is 38.4 Å². The van der Waals surface area contributed by atoms with Gasteiger partial charge in [-0.25, -0.2) is 16.8 Å². The van der Waals surface area contributed by atoms with Crippen molar-refractivity contribution in [3.8, 4) is 57.5 Å². The maximum Gasteiger partial charge on any atom is 0.306 e. The van der Waals surface area contributed by atoms with Gasteiger partial charge in [-0.3, -0.25) is 9.59 Å². The van der Waals surface area contributed by atoms with Crippen molar-refractivity contribution < 1.29 is 101 Å². The third-order valence-corrected chi connectivity index (χ3v) is 18.7. The number of hydrogen-bond acceptors (Lipinski definition) is 20. The Balaban J connectivity index is 0.000000592. The van der Waals surface area contributed by atoms with Gasteiger partial charge >= 0.3 is 11.9 Å². The molecule has 0 aliphatic carbocycles. The molecule has 0 radical (unpaired) electrons. The number of carbonyl (C=O) groups is 2. The summed E-state index contributed by atoms with van der Waals surface area (Å²) in [5, 5.41) is 0. The summed E-state index contributed by atoms with van der Waals surface area (Å²) in [4.78, 5) is 25.3. The lowest BCUT2D eigenvalue weighted by atomic mass is 9.86. The van der Waals surface area contributed by atoms with E-state index in [1.54, 1.807) is 83.2 Å². The summed E-state index contributed by atoms with van der Waals surface area (Å²) < 4.78 is 132. The van der Waals surface area contributed by atoms with E-state index in [0.717, 1.165) is 59.1 Å². The van der Waals surface area contributed by atoms with Crippen LogP contribution in [0.1, 0.15) is 84.0 Å². The van der Waals surface area contributed by atoms with E-state index in [1.165, 1.54) is 70.8 Å². The number of rotatable bonds is 30. The SMILES string of the molecule is COc1cc2c(cc1OC)[C@@H](Cc1cc(OC)c(OC)c(OC)c1)[N@@+](C)(CCCOC(=O)CC/C=C/CCC(=O)OCCC[N@+]1(C)CCc3cc(OC)c(OC)cc3[C@@H]1Cc1cc(OC)c(OC)c(OC)c1)CC2.O=S(=O)([O-])c1ccccc1.O=S(=O)([O-])c1ccccc1. The van der Waals surface area contributed by atoms with Crippen LogP contribution in [0.15, 0.2) is 131 Å². The van der Waals surface area contributed by atoms with E-state index in [4.69, 9.17) is 56.8 Å². The molecule has 2 aliphatic heterocycles. The summed E-state index contributed by atoms with van der Waals surface area (Å²) in [6.07, 6.45) is 9.94. The highest BCUT2D eigenvalue weighted by atomic mass is 32.2. The van der Waals surface area contributed by atoms with Crippen LogP contribution < -0.4 is 47.4 Å². The van der Waals surface area contributed by atoms with Gasteiger partial charge in [-0.1, -0.05) is 48.6 Å². The molecule has 0 unspecified atom stereocenters. The van der Waals surface area contributed by atoms with Crippen molar-refractivity contribution >= 4 is 32.2 Å². The highest BCUT2D eigenvalue weighted by molar-refractivity contribution is 7.86. The van der Waals surface area contributed by atoms with E-state index in [0.29, 0.717) is 109 Å². The summed E-state index contributed by atoms with van der Waals surface area (Å²) >= 11 is 0. The van der Waals surface area contributed by atoms with Crippen LogP contribution >= 0.6 is 0 Å². The minimum absolute atomic E-state index is 0.0551. The van der Waals surface area contributed by atoms with Crippen molar-refractivity contribution in [3.63, 3.8) is 0 Å². The number of nitrogens with zero attached hydrogens (tertiary/aromatic N) is 2. The lowest BCUT2D eigenvalue weighted by Gasteiger charge is -2.46. The van der Waals surface area contributed by atoms with Crippen molar-refractivity contribution in [1.82, 2.24) is 0 Å². The highest BCUT2D eigenvalue weighted by Gasteiger charge is 2.42. The molecule has 2 aliphatic rings. The molecule has 22 nitrogen and oxygen atoms in total. The molecule has 0 N–H and O–H groups in total. The van der Waals surface area contributed by atoms with Crippen LogP contribution in [0.3, 0.4) is 0 Å². The van der Waals surface area contributed by atoms with E-state index < -0.39 is 20.2 Å². The number of hydrogen-bond donors (Lipinski definition) is 0. The second kappa shape index (κ2) is 35.3. The molecule has 8 rings (SSSR count). The standard InChI is InChI=1S/C58H80N2O14.2C6H6O3S/c1-59(25-21-41-35-47(63-3)49(65-5)37-43(41)45(59)29-39-31-51(67-7)57(71-11)52(32-39)68-8)23-17-27-73-55(61)19-15-13-14-16-20-56(62)74-28-18-24-60(2)26-22-42-36-48(64-4)50(66-6)38-44(42)46(60)30-40-33-53(69-9)58(72-12)54(34-40)70-10;2*7-10(8,9)6-4-2-1-3-5-6/h13-14,31-38,45-46H,15-30H2,1-12H3;2*1-5H,(H,7,8,9)/q+2;;/p-2/b14-13+;;/t45-,46+,59+,60-;;. The fraction of sp³-hybridized carbons (Fsp3) is 0.429. The Kier molecular flexibility index (Phi) is 28.1. The van der Waals surface area contributed by atoms with Gasteiger partial charge in [0.1, 0.15) is 32.3 Å². The Morgan fingerprint density at radius 2 is 0.755 bits per heavy atom. The van der Waals surface area contributed by atoms with Crippen molar-refractivity contribution in [2.24, 2.45) is 0 Å². The molecular weight excluding hydrogens is 1250 g/mol. The third-order valence-electron chi connectivity index (χ3n) is 17.0. The number of fused-ring (bicyclic) bond motifs is 2. The second-order valence-corrected chi connectivity index (χ2v) is 25.7. The lowest BCUT2D eigenvalue weighted by molar-refractivity contribution is -0.941. The first kappa shape index (κ1) is 74.8. The average molecular weight is 1340 g/mol. The number of quaternary nitrogens is 2. The molecule has 0 bridgehead atoms. The molecule has 6 aromatic rings. The summed E-state index contributed by atoms with van der Waals surface area (Å²) in [6, 6.07) is 30.9. The Morgan fingerprint density at radius 1 is 0.447 bits per heavy atom. The van der Waals surface area contributed by atoms with Crippen molar-refractivity contribution in [2.45, 2.75) is 86.1 Å². The van der Waals surface area contributed by atoms with Crippen LogP contribution in [0.2, 0.25) is 0 Å². The number of esters is 2. The quantitative estimate of drug-likeness (QED) is 0.0133. The molecule has 0 saturated heterocycles. The van der Waals surface area contributed by atoms with E-state index in [-0.39, 0.29) is 46.7 Å². The number of allylic oxidation sites excluding steroid dienone is 2. The zero-order valence-electron chi connectivity index (χ0n) is 55.9. The highest BCUT2D eigenvalue weighted by Crippen LogP contribution is 2.47. The Bertz CT molecular complexity index is 3430. The molecule has 0 saturated carbocycles. The summed E-state index contributed by atoms with van der Waals surface area (Å²) in [5.41, 5.74) is 6.93. The van der Waals surface area contributed by atoms with Gasteiger partial charge in [-0.2, -0.15) is 0 Å². The number of methoxy groups -OCH3 is 10. The minimum atomic E-state index is -4.25. The minimum Gasteiger partial charge on any atom is -0.744 e. The van der Waals surface area contributed by atoms with Crippen LogP contribution in [0.4, 0.5) is 0 Å². The molecule has 2 heterocycles. The van der Waals surface area contributed by atoms with Gasteiger partial charge in [0.15, 0.2) is 46.0 Å². The zero-order chi connectivity index (χ0) is 68.6. The number of benzene rings is 6. The molecular formula is C70H90N2O20S2. The van der Waals surface area contributed by atoms with Gasteiger partial charge in [0.2, 0.25) is 11.5 Å². The van der Waals surface area contributed by atoms with Crippen LogP contribution in [0.25, 0.3) is 0 Å². The fourth-order valence-electron chi connectivity index (χ4n) is 12.0. The molecule has 6 aromatic carbocycles. The summed E-state index contributed by atoms with van der Waals surface area (Å²) in [6.45, 7) is 4.02. The first-order valence-corrected chi connectivity index (χ1v) is 33.5. The average Bonchev–Trinajstić information content (AvgIpc) is 0.772. The van der Waals surface area contributed by atoms with Gasteiger partial charge in [0.25, 0.3) is 0 Å². The maximum absolute atomic E-state index is 12.9. The smallest absolute Gasteiger partial charge is 0.306 e. The van der Waals surface area contributed by atoms with Crippen LogP contribution in [-0.2, 0) is 65.0 Å². The number of likely N-dealkylation sites (N-methyl/N-ethyl adjacent to an activating group) is 2. The molecule has 0 spiro atoms. The molecule has 0 fully saturated rings. The lowest BCUT2D eigenvalue weighted by Crippen LogP contribution is -2.52. The third kappa shape index (κ3) is 20.1. The van der Waals surface area contributed by atoms with Gasteiger partial charge in [-0.15, -0.1) is 0 Å². The predicted molar refractivity (Wildman–Crippen MR) is 351 cm³/mol. The van der Waals surface area contributed by atoms with Gasteiger partial charge < -0.3 is 74.9 Å². The van der Waals surface area contributed by atoms with Crippen molar-refractivity contribution in [3.05, 3.63) is 155 Å². The monoisotopic (exact) mass is 1340 g/mol. The Labute approximate surface area is 553 Å². The summed E-state index contributed by atoms with van der Waals surface area (Å²) in [5.74, 6) is 5.81. The van der Waals surface area contributed by atoms with E-state index in [1.807, 2.05) is 36.4 Å². The van der Waals surface area contributed by atoms with Crippen molar-refractivity contribution in [2.75, 3.05) is 125 Å². The van der Waals surface area contributed by atoms with Crippen LogP contribution in [0.5, 0.6) is 57.5 Å². The van der Waals surface area contributed by atoms with Gasteiger partial charge in [-0.05, 0) is 108 Å². The summed E-state index contributed by atoms with van der Waals surface area (Å²) in [7, 11) is 12.4. The largest absolute Gasteiger partial charge is 0.744 e. The van der Waals surface area contributed by atoms with E-state index in [9.17, 15) is 35.5 Å².